The number of nitrogens with one attached hydrogen (secondary N) is 1. The minimum absolute atomic E-state index is 0.292. The molecule has 0 aliphatic heterocycles. The summed E-state index contributed by atoms with van der Waals surface area (Å²) in [6.07, 6.45) is -4.70. The van der Waals surface area contributed by atoms with Crippen LogP contribution in [0.15, 0.2) is 48.5 Å². The minimum atomic E-state index is -4.40. The van der Waals surface area contributed by atoms with E-state index in [1.165, 1.54) is 12.1 Å². The van der Waals surface area contributed by atoms with Crippen LogP contribution in [0, 0.1) is 6.92 Å². The number of alkyl halides is 3. The molecule has 2 aromatic rings. The number of ether oxygens (including phenoxy) is 1. The Kier molecular flexibility index (Phi) is 5.49. The zero-order valence-corrected chi connectivity index (χ0v) is 13.4. The third kappa shape index (κ3) is 4.50. The zero-order valence-electron chi connectivity index (χ0n) is 13.4. The maximum absolute atomic E-state index is 12.5. The van der Waals surface area contributed by atoms with Crippen molar-refractivity contribution in [1.29, 1.82) is 0 Å². The summed E-state index contributed by atoms with van der Waals surface area (Å²) in [6.45, 7) is 3.67. The van der Waals surface area contributed by atoms with Crippen molar-refractivity contribution < 1.29 is 22.7 Å². The largest absolute Gasteiger partial charge is 0.480 e. The average Bonchev–Trinajstić information content (AvgIpc) is 2.53. The van der Waals surface area contributed by atoms with Gasteiger partial charge in [-0.25, -0.2) is 0 Å². The summed E-state index contributed by atoms with van der Waals surface area (Å²) in [7, 11) is 0. The van der Waals surface area contributed by atoms with Gasteiger partial charge in [0.2, 0.25) is 0 Å². The SMILES string of the molecule is CC[C@H](Oc1ccccc1C)C(=O)Nc1ccc(C(F)(F)F)cc1. The van der Waals surface area contributed by atoms with Crippen LogP contribution in [0.3, 0.4) is 0 Å². The van der Waals surface area contributed by atoms with E-state index in [0.29, 0.717) is 17.9 Å². The summed E-state index contributed by atoms with van der Waals surface area (Å²) in [4.78, 5) is 12.3. The standard InChI is InChI=1S/C18H18F3NO2/c1-3-15(24-16-7-5-4-6-12(16)2)17(23)22-14-10-8-13(9-11-14)18(19,20)21/h4-11,15H,3H2,1-2H3,(H,22,23)/t15-/m0/s1. The Labute approximate surface area is 138 Å². The minimum Gasteiger partial charge on any atom is -0.480 e. The molecule has 3 nitrogen and oxygen atoms in total. The van der Waals surface area contributed by atoms with Gasteiger partial charge in [-0.1, -0.05) is 25.1 Å². The van der Waals surface area contributed by atoms with Gasteiger partial charge in [0, 0.05) is 5.69 Å². The molecule has 0 heterocycles. The lowest BCUT2D eigenvalue weighted by Gasteiger charge is -2.18. The summed E-state index contributed by atoms with van der Waals surface area (Å²) in [5.41, 5.74) is 0.432. The summed E-state index contributed by atoms with van der Waals surface area (Å²) in [6, 6.07) is 11.6. The number of carbonyl (C=O) groups excluding carboxylic acids is 1. The molecular weight excluding hydrogens is 319 g/mol. The van der Waals surface area contributed by atoms with Gasteiger partial charge in [-0.05, 0) is 49.2 Å². The second-order valence-corrected chi connectivity index (χ2v) is 5.34. The number of carbonyl (C=O) groups is 1. The predicted octanol–water partition coefficient (Wildman–Crippen LogP) is 4.81. The fourth-order valence-electron chi connectivity index (χ4n) is 2.13. The molecule has 24 heavy (non-hydrogen) atoms. The smallest absolute Gasteiger partial charge is 0.416 e. The maximum Gasteiger partial charge on any atom is 0.416 e. The third-order valence-corrected chi connectivity index (χ3v) is 3.51. The molecule has 0 saturated heterocycles. The summed E-state index contributed by atoms with van der Waals surface area (Å²) in [5.74, 6) is 0.201. The van der Waals surface area contributed by atoms with E-state index >= 15 is 0 Å². The van der Waals surface area contributed by atoms with Gasteiger partial charge in [-0.2, -0.15) is 13.2 Å². The molecule has 2 rings (SSSR count). The van der Waals surface area contributed by atoms with Crippen LogP contribution in [0.1, 0.15) is 24.5 Å². The van der Waals surface area contributed by atoms with Crippen LogP contribution in [0.25, 0.3) is 0 Å². The fraction of sp³-hybridized carbons (Fsp3) is 0.278. The van der Waals surface area contributed by atoms with Gasteiger partial charge in [-0.15, -0.1) is 0 Å². The van der Waals surface area contributed by atoms with Crippen molar-refractivity contribution in [3.8, 4) is 5.75 Å². The Hall–Kier alpha value is -2.50. The predicted molar refractivity (Wildman–Crippen MR) is 86.0 cm³/mol. The van der Waals surface area contributed by atoms with Crippen LogP contribution < -0.4 is 10.1 Å². The van der Waals surface area contributed by atoms with Gasteiger partial charge in [0.1, 0.15) is 5.75 Å². The number of para-hydroxylation sites is 1. The van der Waals surface area contributed by atoms with Gasteiger partial charge >= 0.3 is 6.18 Å². The normalized spacial score (nSPS) is 12.5. The van der Waals surface area contributed by atoms with Crippen molar-refractivity contribution in [2.45, 2.75) is 32.5 Å². The molecule has 0 aliphatic rings. The van der Waals surface area contributed by atoms with Crippen molar-refractivity contribution in [3.05, 3.63) is 59.7 Å². The van der Waals surface area contributed by atoms with E-state index in [-0.39, 0.29) is 0 Å². The molecule has 0 aromatic heterocycles. The van der Waals surface area contributed by atoms with E-state index in [1.54, 1.807) is 13.0 Å². The lowest BCUT2D eigenvalue weighted by atomic mass is 10.2. The molecule has 6 heteroatoms. The van der Waals surface area contributed by atoms with Gasteiger partial charge in [0.15, 0.2) is 6.10 Å². The Balaban J connectivity index is 2.05. The summed E-state index contributed by atoms with van der Waals surface area (Å²) in [5, 5.41) is 2.58. The van der Waals surface area contributed by atoms with E-state index in [2.05, 4.69) is 5.32 Å². The topological polar surface area (TPSA) is 38.3 Å². The molecule has 0 radical (unpaired) electrons. The van der Waals surface area contributed by atoms with Crippen LogP contribution in [-0.2, 0) is 11.0 Å². The van der Waals surface area contributed by atoms with Crippen LogP contribution in [-0.4, -0.2) is 12.0 Å². The number of aryl methyl sites for hydroxylation is 1. The molecule has 0 aliphatic carbocycles. The molecule has 0 unspecified atom stereocenters. The molecular formula is C18H18F3NO2. The highest BCUT2D eigenvalue weighted by Crippen LogP contribution is 2.30. The quantitative estimate of drug-likeness (QED) is 0.850. The van der Waals surface area contributed by atoms with Crippen LogP contribution in [0.2, 0.25) is 0 Å². The molecule has 2 aromatic carbocycles. The van der Waals surface area contributed by atoms with Gasteiger partial charge in [-0.3, -0.25) is 4.79 Å². The Morgan fingerprint density at radius 3 is 2.29 bits per heavy atom. The zero-order chi connectivity index (χ0) is 17.7. The Morgan fingerprint density at radius 1 is 1.12 bits per heavy atom. The average molecular weight is 337 g/mol. The van der Waals surface area contributed by atoms with Gasteiger partial charge in [0.05, 0.1) is 5.56 Å². The summed E-state index contributed by atoms with van der Waals surface area (Å²) < 4.78 is 43.3. The summed E-state index contributed by atoms with van der Waals surface area (Å²) >= 11 is 0. The maximum atomic E-state index is 12.5. The molecule has 1 atom stereocenters. The second kappa shape index (κ2) is 7.38. The molecule has 0 saturated carbocycles. The first-order valence-corrected chi connectivity index (χ1v) is 7.51. The number of hydrogen-bond donors (Lipinski definition) is 1. The first-order chi connectivity index (χ1) is 11.3. The molecule has 128 valence electrons. The van der Waals surface area contributed by atoms with Crippen LogP contribution in [0.4, 0.5) is 18.9 Å². The lowest BCUT2D eigenvalue weighted by Crippen LogP contribution is -2.32. The van der Waals surface area contributed by atoms with E-state index in [4.69, 9.17) is 4.74 Å². The lowest BCUT2D eigenvalue weighted by molar-refractivity contribution is -0.137. The van der Waals surface area contributed by atoms with Crippen molar-refractivity contribution in [3.63, 3.8) is 0 Å². The fourth-order valence-corrected chi connectivity index (χ4v) is 2.13. The van der Waals surface area contributed by atoms with Crippen LogP contribution in [0.5, 0.6) is 5.75 Å². The molecule has 0 fully saturated rings. The Bertz CT molecular complexity index is 696. The second-order valence-electron chi connectivity index (χ2n) is 5.34. The molecule has 0 bridgehead atoms. The van der Waals surface area contributed by atoms with Gasteiger partial charge in [0.25, 0.3) is 5.91 Å². The van der Waals surface area contributed by atoms with E-state index in [9.17, 15) is 18.0 Å². The first kappa shape index (κ1) is 17.8. The van der Waals surface area contributed by atoms with Crippen molar-refractivity contribution in [1.82, 2.24) is 0 Å². The molecule has 1 amide bonds. The monoisotopic (exact) mass is 337 g/mol. The number of rotatable bonds is 5. The van der Waals surface area contributed by atoms with Crippen molar-refractivity contribution >= 4 is 11.6 Å². The van der Waals surface area contributed by atoms with E-state index in [0.717, 1.165) is 17.7 Å². The number of benzene rings is 2. The first-order valence-electron chi connectivity index (χ1n) is 7.51. The highest BCUT2D eigenvalue weighted by atomic mass is 19.4. The van der Waals surface area contributed by atoms with Gasteiger partial charge < -0.3 is 10.1 Å². The number of anilines is 1. The Morgan fingerprint density at radius 2 is 1.75 bits per heavy atom. The number of hydrogen-bond acceptors (Lipinski definition) is 2. The van der Waals surface area contributed by atoms with Crippen molar-refractivity contribution in [2.24, 2.45) is 0 Å². The van der Waals surface area contributed by atoms with E-state index in [1.807, 2.05) is 25.1 Å². The molecule has 1 N–H and O–H groups in total. The number of amides is 1. The van der Waals surface area contributed by atoms with E-state index < -0.39 is 23.8 Å². The van der Waals surface area contributed by atoms with Crippen LogP contribution >= 0.6 is 0 Å². The highest BCUT2D eigenvalue weighted by molar-refractivity contribution is 5.94. The number of halogens is 3. The highest BCUT2D eigenvalue weighted by Gasteiger charge is 2.30. The third-order valence-electron chi connectivity index (χ3n) is 3.51. The van der Waals surface area contributed by atoms with Crippen molar-refractivity contribution in [2.75, 3.05) is 5.32 Å². The molecule has 0 spiro atoms.